The number of hydrogen-bond acceptors (Lipinski definition) is 3. The van der Waals surface area contributed by atoms with Crippen LogP contribution in [-0.4, -0.2) is 17.4 Å². The molecule has 3 nitrogen and oxygen atoms in total. The van der Waals surface area contributed by atoms with Crippen LogP contribution < -0.4 is 0 Å². The molecule has 10 heavy (non-hydrogen) atoms. The molecule has 0 aliphatic rings. The fourth-order valence-corrected chi connectivity index (χ4v) is 0.572. The van der Waals surface area contributed by atoms with E-state index in [9.17, 15) is 4.79 Å². The normalized spacial score (nSPS) is 13.3. The lowest BCUT2D eigenvalue weighted by Crippen LogP contribution is -2.15. The van der Waals surface area contributed by atoms with Gasteiger partial charge in [-0.15, -0.1) is 0 Å². The first-order valence-electron chi connectivity index (χ1n) is 3.40. The molecular formula is C7H14O3. The summed E-state index contributed by atoms with van der Waals surface area (Å²) in [5.74, 6) is -0.0590. The maximum Gasteiger partial charge on any atom is 0.308 e. The van der Waals surface area contributed by atoms with Gasteiger partial charge < -0.3 is 9.84 Å². The van der Waals surface area contributed by atoms with Crippen LogP contribution >= 0.6 is 0 Å². The number of hydrogen-bond donors (Lipinski definition) is 1. The third kappa shape index (κ3) is 5.56. The van der Waals surface area contributed by atoms with E-state index in [1.807, 2.05) is 13.8 Å². The molecule has 0 aliphatic carbocycles. The number of ether oxygens (including phenoxy) is 1. The lowest BCUT2D eigenvalue weighted by atomic mass is 10.1. The van der Waals surface area contributed by atoms with Gasteiger partial charge in [0.15, 0.2) is 6.29 Å². The van der Waals surface area contributed by atoms with Crippen molar-refractivity contribution in [1.29, 1.82) is 0 Å². The zero-order valence-corrected chi connectivity index (χ0v) is 6.63. The zero-order valence-electron chi connectivity index (χ0n) is 6.63. The number of aliphatic hydroxyl groups excluding tert-OH is 1. The predicted molar refractivity (Wildman–Crippen MR) is 37.2 cm³/mol. The lowest BCUT2D eigenvalue weighted by Gasteiger charge is -2.07. The highest BCUT2D eigenvalue weighted by Gasteiger charge is 2.07. The molecule has 0 aliphatic heterocycles. The maximum absolute atomic E-state index is 10.7. The van der Waals surface area contributed by atoms with Gasteiger partial charge in [0.1, 0.15) is 0 Å². The zero-order chi connectivity index (χ0) is 8.15. The van der Waals surface area contributed by atoms with Crippen molar-refractivity contribution in [2.75, 3.05) is 0 Å². The quantitative estimate of drug-likeness (QED) is 0.475. The monoisotopic (exact) mass is 146 g/mol. The first-order chi connectivity index (χ1) is 4.52. The van der Waals surface area contributed by atoms with Crippen LogP contribution in [-0.2, 0) is 9.53 Å². The van der Waals surface area contributed by atoms with Gasteiger partial charge in [0.25, 0.3) is 0 Å². The van der Waals surface area contributed by atoms with Gasteiger partial charge >= 0.3 is 5.97 Å². The minimum atomic E-state index is -0.980. The third-order valence-corrected chi connectivity index (χ3v) is 0.877. The van der Waals surface area contributed by atoms with Crippen LogP contribution in [0.4, 0.5) is 0 Å². The highest BCUT2D eigenvalue weighted by atomic mass is 16.6. The fourth-order valence-electron chi connectivity index (χ4n) is 0.572. The third-order valence-electron chi connectivity index (χ3n) is 0.877. The largest absolute Gasteiger partial charge is 0.436 e. The Morgan fingerprint density at radius 2 is 2.00 bits per heavy atom. The van der Waals surface area contributed by atoms with E-state index in [2.05, 4.69) is 4.74 Å². The molecule has 0 aromatic rings. The smallest absolute Gasteiger partial charge is 0.308 e. The molecule has 1 unspecified atom stereocenters. The second-order valence-electron chi connectivity index (χ2n) is 2.69. The molecule has 0 radical (unpaired) electrons. The molecule has 0 amide bonds. The Bertz CT molecular complexity index is 95.4. The summed E-state index contributed by atoms with van der Waals surface area (Å²) in [6.07, 6.45) is -0.614. The molecule has 1 atom stereocenters. The molecule has 60 valence electrons. The predicted octanol–water partition coefficient (Wildman–Crippen LogP) is 0.914. The maximum atomic E-state index is 10.7. The summed E-state index contributed by atoms with van der Waals surface area (Å²) in [5.41, 5.74) is 0. The van der Waals surface area contributed by atoms with E-state index in [1.54, 1.807) is 0 Å². The summed E-state index contributed by atoms with van der Waals surface area (Å²) < 4.78 is 4.48. The second kappa shape index (κ2) is 4.28. The standard InChI is InChI=1S/C7H14O3/c1-5(2)4-7(9)10-6(3)8/h5-6,8H,4H2,1-3H3. The average molecular weight is 146 g/mol. The Morgan fingerprint density at radius 3 is 2.30 bits per heavy atom. The van der Waals surface area contributed by atoms with Crippen molar-refractivity contribution >= 4 is 5.97 Å². The Kier molecular flexibility index (Phi) is 4.03. The molecular weight excluding hydrogens is 132 g/mol. The minimum absolute atomic E-state index is 0.284. The van der Waals surface area contributed by atoms with Gasteiger partial charge in [-0.3, -0.25) is 4.79 Å². The fraction of sp³-hybridized carbons (Fsp3) is 0.857. The number of carbonyl (C=O) groups excluding carboxylic acids is 1. The molecule has 0 saturated carbocycles. The van der Waals surface area contributed by atoms with Crippen LogP contribution in [0.25, 0.3) is 0 Å². The van der Waals surface area contributed by atoms with E-state index in [0.717, 1.165) is 0 Å². The first-order valence-corrected chi connectivity index (χ1v) is 3.40. The van der Waals surface area contributed by atoms with E-state index >= 15 is 0 Å². The van der Waals surface area contributed by atoms with Crippen LogP contribution in [0.3, 0.4) is 0 Å². The summed E-state index contributed by atoms with van der Waals surface area (Å²) in [7, 11) is 0. The van der Waals surface area contributed by atoms with Crippen LogP contribution in [0.2, 0.25) is 0 Å². The van der Waals surface area contributed by atoms with Crippen molar-refractivity contribution in [1.82, 2.24) is 0 Å². The second-order valence-corrected chi connectivity index (χ2v) is 2.69. The molecule has 0 aromatic heterocycles. The Balaban J connectivity index is 3.44. The topological polar surface area (TPSA) is 46.5 Å². The number of rotatable bonds is 3. The number of carbonyl (C=O) groups is 1. The van der Waals surface area contributed by atoms with Crippen LogP contribution in [0.5, 0.6) is 0 Å². The first kappa shape index (κ1) is 9.43. The lowest BCUT2D eigenvalue weighted by molar-refractivity contribution is -0.165. The molecule has 0 spiro atoms. The average Bonchev–Trinajstić information content (AvgIpc) is 1.58. The van der Waals surface area contributed by atoms with E-state index < -0.39 is 6.29 Å². The molecule has 1 N–H and O–H groups in total. The van der Waals surface area contributed by atoms with Crippen LogP contribution in [0.15, 0.2) is 0 Å². The van der Waals surface area contributed by atoms with E-state index in [4.69, 9.17) is 5.11 Å². The van der Waals surface area contributed by atoms with E-state index in [-0.39, 0.29) is 11.9 Å². The summed E-state index contributed by atoms with van der Waals surface area (Å²) in [4.78, 5) is 10.7. The summed E-state index contributed by atoms with van der Waals surface area (Å²) in [6.45, 7) is 5.25. The van der Waals surface area contributed by atoms with Gasteiger partial charge in [-0.2, -0.15) is 0 Å². The summed E-state index contributed by atoms with van der Waals surface area (Å²) in [6, 6.07) is 0. The van der Waals surface area contributed by atoms with Gasteiger partial charge in [0.2, 0.25) is 0 Å². The van der Waals surface area contributed by atoms with Gasteiger partial charge in [0.05, 0.1) is 0 Å². The van der Waals surface area contributed by atoms with Crippen molar-refractivity contribution in [3.8, 4) is 0 Å². The van der Waals surface area contributed by atoms with Crippen LogP contribution in [0.1, 0.15) is 27.2 Å². The SMILES string of the molecule is CC(C)CC(=O)OC(C)O. The van der Waals surface area contributed by atoms with E-state index in [0.29, 0.717) is 6.42 Å². The van der Waals surface area contributed by atoms with Gasteiger partial charge in [0, 0.05) is 6.42 Å². The molecule has 0 bridgehead atoms. The minimum Gasteiger partial charge on any atom is -0.436 e. The van der Waals surface area contributed by atoms with Gasteiger partial charge in [-0.25, -0.2) is 0 Å². The molecule has 0 aromatic carbocycles. The van der Waals surface area contributed by atoms with Crippen molar-refractivity contribution < 1.29 is 14.6 Å². The Labute approximate surface area is 61.0 Å². The van der Waals surface area contributed by atoms with Crippen LogP contribution in [0, 0.1) is 5.92 Å². The van der Waals surface area contributed by atoms with E-state index in [1.165, 1.54) is 6.92 Å². The number of esters is 1. The van der Waals surface area contributed by atoms with Crippen molar-refractivity contribution in [3.63, 3.8) is 0 Å². The van der Waals surface area contributed by atoms with Crippen molar-refractivity contribution in [3.05, 3.63) is 0 Å². The van der Waals surface area contributed by atoms with Crippen molar-refractivity contribution in [2.24, 2.45) is 5.92 Å². The molecule has 0 fully saturated rings. The Hall–Kier alpha value is -0.570. The summed E-state index contributed by atoms with van der Waals surface area (Å²) >= 11 is 0. The number of aliphatic hydroxyl groups is 1. The molecule has 0 rings (SSSR count). The molecule has 0 heterocycles. The summed E-state index contributed by atoms with van der Waals surface area (Å²) in [5, 5.41) is 8.59. The molecule has 3 heteroatoms. The Morgan fingerprint density at radius 1 is 1.50 bits per heavy atom. The highest BCUT2D eigenvalue weighted by molar-refractivity contribution is 5.69. The highest BCUT2D eigenvalue weighted by Crippen LogP contribution is 2.01. The molecule has 0 saturated heterocycles. The van der Waals surface area contributed by atoms with Gasteiger partial charge in [-0.1, -0.05) is 13.8 Å². The van der Waals surface area contributed by atoms with Crippen molar-refractivity contribution in [2.45, 2.75) is 33.5 Å². The van der Waals surface area contributed by atoms with Gasteiger partial charge in [-0.05, 0) is 12.8 Å².